The number of benzene rings is 2. The van der Waals surface area contributed by atoms with Crippen molar-refractivity contribution in [1.82, 2.24) is 0 Å². The summed E-state index contributed by atoms with van der Waals surface area (Å²) in [5, 5.41) is 0. The second-order valence-electron chi connectivity index (χ2n) is 3.76. The number of ether oxygens (including phenoxy) is 1. The number of ketones is 1. The summed E-state index contributed by atoms with van der Waals surface area (Å²) in [6.07, 6.45) is 0. The third-order valence-corrected chi connectivity index (χ3v) is 3.04. The van der Waals surface area contributed by atoms with Crippen LogP contribution >= 0.6 is 15.9 Å². The predicted molar refractivity (Wildman–Crippen MR) is 70.6 cm³/mol. The molecule has 0 aromatic heterocycles. The maximum atomic E-state index is 13.1. The van der Waals surface area contributed by atoms with E-state index in [0.29, 0.717) is 21.5 Å². The van der Waals surface area contributed by atoms with Crippen LogP contribution in [-0.4, -0.2) is 5.78 Å². The molecule has 92 valence electrons. The molecule has 0 radical (unpaired) electrons. The van der Waals surface area contributed by atoms with Crippen molar-refractivity contribution in [3.8, 4) is 11.5 Å². The first-order valence-electron chi connectivity index (χ1n) is 5.30. The van der Waals surface area contributed by atoms with Gasteiger partial charge >= 0.3 is 0 Å². The van der Waals surface area contributed by atoms with E-state index in [0.717, 1.165) is 0 Å². The van der Waals surface area contributed by atoms with Gasteiger partial charge in [0.05, 0.1) is 4.47 Å². The van der Waals surface area contributed by atoms with Crippen LogP contribution in [-0.2, 0) is 0 Å². The molecule has 0 spiro atoms. The predicted octanol–water partition coefficient (Wildman–Crippen LogP) is 4.58. The molecule has 0 aliphatic heterocycles. The van der Waals surface area contributed by atoms with Crippen molar-refractivity contribution in [2.45, 2.75) is 6.92 Å². The molecule has 0 bridgehead atoms. The number of hydrogen-bond donors (Lipinski definition) is 0. The first-order valence-corrected chi connectivity index (χ1v) is 6.09. The molecule has 2 rings (SSSR count). The van der Waals surface area contributed by atoms with Gasteiger partial charge in [-0.05, 0) is 59.3 Å². The summed E-state index contributed by atoms with van der Waals surface area (Å²) in [6.45, 7) is 1.50. The fourth-order valence-corrected chi connectivity index (χ4v) is 1.77. The third-order valence-electron chi connectivity index (χ3n) is 2.38. The second kappa shape index (κ2) is 5.31. The van der Waals surface area contributed by atoms with Gasteiger partial charge in [-0.1, -0.05) is 0 Å². The van der Waals surface area contributed by atoms with Crippen molar-refractivity contribution in [2.75, 3.05) is 0 Å². The first kappa shape index (κ1) is 12.8. The minimum atomic E-state index is -0.367. The van der Waals surface area contributed by atoms with Gasteiger partial charge < -0.3 is 4.74 Å². The SMILES string of the molecule is CC(=O)c1ccc(Oc2cc(F)ccc2Br)cc1. The molecule has 0 aliphatic rings. The lowest BCUT2D eigenvalue weighted by Crippen LogP contribution is -1.92. The number of carbonyl (C=O) groups excluding carboxylic acids is 1. The van der Waals surface area contributed by atoms with Crippen LogP contribution in [0.4, 0.5) is 4.39 Å². The molecule has 4 heteroatoms. The summed E-state index contributed by atoms with van der Waals surface area (Å²) < 4.78 is 19.3. The Balaban J connectivity index is 2.23. The highest BCUT2D eigenvalue weighted by Crippen LogP contribution is 2.30. The van der Waals surface area contributed by atoms with Crippen LogP contribution in [0.1, 0.15) is 17.3 Å². The van der Waals surface area contributed by atoms with E-state index >= 15 is 0 Å². The Kier molecular flexibility index (Phi) is 3.77. The normalized spacial score (nSPS) is 10.2. The maximum absolute atomic E-state index is 13.1. The van der Waals surface area contributed by atoms with Crippen molar-refractivity contribution >= 4 is 21.7 Å². The molecule has 0 aliphatic carbocycles. The van der Waals surface area contributed by atoms with E-state index in [4.69, 9.17) is 4.74 Å². The lowest BCUT2D eigenvalue weighted by molar-refractivity contribution is 0.101. The first-order chi connectivity index (χ1) is 8.56. The zero-order chi connectivity index (χ0) is 13.1. The van der Waals surface area contributed by atoms with Crippen LogP contribution in [0.3, 0.4) is 0 Å². The zero-order valence-corrected chi connectivity index (χ0v) is 11.2. The van der Waals surface area contributed by atoms with E-state index in [1.165, 1.54) is 19.1 Å². The molecule has 0 saturated heterocycles. The topological polar surface area (TPSA) is 26.3 Å². The molecule has 0 amide bonds. The van der Waals surface area contributed by atoms with Crippen LogP contribution in [0.2, 0.25) is 0 Å². The molecule has 18 heavy (non-hydrogen) atoms. The minimum Gasteiger partial charge on any atom is -0.456 e. The van der Waals surface area contributed by atoms with Gasteiger partial charge in [-0.3, -0.25) is 4.79 Å². The van der Waals surface area contributed by atoms with Crippen LogP contribution in [0.25, 0.3) is 0 Å². The summed E-state index contributed by atoms with van der Waals surface area (Å²) in [7, 11) is 0. The molecule has 0 atom stereocenters. The molecule has 0 fully saturated rings. The van der Waals surface area contributed by atoms with E-state index in [2.05, 4.69) is 15.9 Å². The average molecular weight is 309 g/mol. The lowest BCUT2D eigenvalue weighted by Gasteiger charge is -2.08. The molecule has 2 aromatic carbocycles. The molecule has 0 heterocycles. The number of halogens is 2. The van der Waals surface area contributed by atoms with Gasteiger partial charge in [-0.25, -0.2) is 4.39 Å². The van der Waals surface area contributed by atoms with Gasteiger partial charge in [0.1, 0.15) is 17.3 Å². The Morgan fingerprint density at radius 3 is 2.44 bits per heavy atom. The maximum Gasteiger partial charge on any atom is 0.159 e. The summed E-state index contributed by atoms with van der Waals surface area (Å²) in [5.74, 6) is 0.568. The Bertz CT molecular complexity index is 579. The Labute approximate surface area is 113 Å². The lowest BCUT2D eigenvalue weighted by atomic mass is 10.1. The van der Waals surface area contributed by atoms with Crippen LogP contribution in [0, 0.1) is 5.82 Å². The second-order valence-corrected chi connectivity index (χ2v) is 4.61. The summed E-state index contributed by atoms with van der Waals surface area (Å²) >= 11 is 3.28. The Morgan fingerprint density at radius 2 is 1.83 bits per heavy atom. The van der Waals surface area contributed by atoms with Crippen molar-refractivity contribution < 1.29 is 13.9 Å². The van der Waals surface area contributed by atoms with E-state index in [1.807, 2.05) is 0 Å². The molecular formula is C14H10BrFO2. The summed E-state index contributed by atoms with van der Waals surface area (Å²) in [6, 6.07) is 10.9. The highest BCUT2D eigenvalue weighted by Gasteiger charge is 2.05. The number of Topliss-reactive ketones (excluding diaryl/α,β-unsaturated/α-hetero) is 1. The summed E-state index contributed by atoms with van der Waals surface area (Å²) in [4.78, 5) is 11.1. The van der Waals surface area contributed by atoms with Gasteiger partial charge in [0.15, 0.2) is 5.78 Å². The van der Waals surface area contributed by atoms with E-state index in [-0.39, 0.29) is 11.6 Å². The quantitative estimate of drug-likeness (QED) is 0.776. The highest BCUT2D eigenvalue weighted by molar-refractivity contribution is 9.10. The minimum absolute atomic E-state index is 0.00603. The van der Waals surface area contributed by atoms with Crippen LogP contribution in [0.5, 0.6) is 11.5 Å². The fraction of sp³-hybridized carbons (Fsp3) is 0.0714. The van der Waals surface area contributed by atoms with Crippen molar-refractivity contribution in [3.63, 3.8) is 0 Å². The van der Waals surface area contributed by atoms with Gasteiger partial charge in [-0.2, -0.15) is 0 Å². The van der Waals surface area contributed by atoms with Crippen LogP contribution < -0.4 is 4.74 Å². The monoisotopic (exact) mass is 308 g/mol. The van der Waals surface area contributed by atoms with E-state index in [1.54, 1.807) is 30.3 Å². The third kappa shape index (κ3) is 2.96. The van der Waals surface area contributed by atoms with Crippen molar-refractivity contribution in [2.24, 2.45) is 0 Å². The van der Waals surface area contributed by atoms with Crippen molar-refractivity contribution in [1.29, 1.82) is 0 Å². The number of rotatable bonds is 3. The number of hydrogen-bond acceptors (Lipinski definition) is 2. The average Bonchev–Trinajstić information content (AvgIpc) is 2.34. The Hall–Kier alpha value is -1.68. The highest BCUT2D eigenvalue weighted by atomic mass is 79.9. The fourth-order valence-electron chi connectivity index (χ4n) is 1.44. The summed E-state index contributed by atoms with van der Waals surface area (Å²) in [5.41, 5.74) is 0.612. The Morgan fingerprint density at radius 1 is 1.17 bits per heavy atom. The van der Waals surface area contributed by atoms with Crippen molar-refractivity contribution in [3.05, 3.63) is 58.3 Å². The van der Waals surface area contributed by atoms with Gasteiger partial charge in [0.25, 0.3) is 0 Å². The van der Waals surface area contributed by atoms with Gasteiger partial charge in [0, 0.05) is 11.6 Å². The van der Waals surface area contributed by atoms with Crippen LogP contribution in [0.15, 0.2) is 46.9 Å². The largest absolute Gasteiger partial charge is 0.456 e. The zero-order valence-electron chi connectivity index (χ0n) is 9.61. The van der Waals surface area contributed by atoms with E-state index < -0.39 is 0 Å². The standard InChI is InChI=1S/C14H10BrFO2/c1-9(17)10-2-5-12(6-3-10)18-14-8-11(16)4-7-13(14)15/h2-8H,1H3. The smallest absolute Gasteiger partial charge is 0.159 e. The molecule has 0 saturated carbocycles. The number of carbonyl (C=O) groups is 1. The molecule has 2 nitrogen and oxygen atoms in total. The van der Waals surface area contributed by atoms with Gasteiger partial charge in [-0.15, -0.1) is 0 Å². The van der Waals surface area contributed by atoms with Gasteiger partial charge in [0.2, 0.25) is 0 Å². The molecular weight excluding hydrogens is 299 g/mol. The molecule has 0 N–H and O–H groups in total. The molecule has 0 unspecified atom stereocenters. The van der Waals surface area contributed by atoms with E-state index in [9.17, 15) is 9.18 Å². The molecule has 2 aromatic rings.